The zero-order valence-corrected chi connectivity index (χ0v) is 9.59. The number of carbonyl (C=O) groups excluding carboxylic acids is 1. The van der Waals surface area contributed by atoms with Crippen molar-refractivity contribution in [2.75, 3.05) is 13.2 Å². The molecule has 0 aliphatic carbocycles. The van der Waals surface area contributed by atoms with Gasteiger partial charge in [0.1, 0.15) is 5.69 Å². The molecule has 2 unspecified atom stereocenters. The highest BCUT2D eigenvalue weighted by atomic mass is 16.5. The predicted molar refractivity (Wildman–Crippen MR) is 60.1 cm³/mol. The molecule has 0 bridgehead atoms. The second-order valence-corrected chi connectivity index (χ2v) is 4.03. The van der Waals surface area contributed by atoms with Gasteiger partial charge in [-0.1, -0.05) is 6.07 Å². The number of amides is 1. The van der Waals surface area contributed by atoms with E-state index in [1.54, 1.807) is 12.3 Å². The standard InChI is InChI=1S/C12H16N2O2/c1-9-10(2)16-8-7-14(9)12(15)11-5-3-4-6-13-11/h3-6,9-10H,7-8H2,1-2H3. The molecule has 1 aromatic rings. The Balaban J connectivity index is 2.15. The summed E-state index contributed by atoms with van der Waals surface area (Å²) in [6.45, 7) is 5.23. The Bertz CT molecular complexity index is 367. The molecule has 0 N–H and O–H groups in total. The van der Waals surface area contributed by atoms with E-state index in [9.17, 15) is 4.79 Å². The van der Waals surface area contributed by atoms with Gasteiger partial charge in [-0.25, -0.2) is 0 Å². The summed E-state index contributed by atoms with van der Waals surface area (Å²) < 4.78 is 5.49. The highest BCUT2D eigenvalue weighted by Crippen LogP contribution is 2.15. The second-order valence-electron chi connectivity index (χ2n) is 4.03. The topological polar surface area (TPSA) is 42.4 Å². The quantitative estimate of drug-likeness (QED) is 0.717. The number of ether oxygens (including phenoxy) is 1. The third kappa shape index (κ3) is 2.07. The summed E-state index contributed by atoms with van der Waals surface area (Å²) in [4.78, 5) is 18.1. The first-order chi connectivity index (χ1) is 7.70. The number of hydrogen-bond acceptors (Lipinski definition) is 3. The lowest BCUT2D eigenvalue weighted by Gasteiger charge is -2.37. The fourth-order valence-corrected chi connectivity index (χ4v) is 1.86. The number of hydrogen-bond donors (Lipinski definition) is 0. The summed E-state index contributed by atoms with van der Waals surface area (Å²) in [5.41, 5.74) is 0.503. The first-order valence-corrected chi connectivity index (χ1v) is 5.54. The maximum atomic E-state index is 12.2. The molecular formula is C12H16N2O2. The summed E-state index contributed by atoms with van der Waals surface area (Å²) in [6.07, 6.45) is 1.73. The number of pyridine rings is 1. The average Bonchev–Trinajstić information content (AvgIpc) is 2.33. The fourth-order valence-electron chi connectivity index (χ4n) is 1.86. The average molecular weight is 220 g/mol. The van der Waals surface area contributed by atoms with Gasteiger partial charge in [-0.3, -0.25) is 9.78 Å². The van der Waals surface area contributed by atoms with Crippen LogP contribution in [0.2, 0.25) is 0 Å². The van der Waals surface area contributed by atoms with E-state index in [1.165, 1.54) is 0 Å². The highest BCUT2D eigenvalue weighted by molar-refractivity contribution is 5.92. The van der Waals surface area contributed by atoms with E-state index in [4.69, 9.17) is 4.74 Å². The molecule has 1 aliphatic heterocycles. The Hall–Kier alpha value is -1.42. The monoisotopic (exact) mass is 220 g/mol. The van der Waals surface area contributed by atoms with Gasteiger partial charge >= 0.3 is 0 Å². The van der Waals surface area contributed by atoms with Crippen LogP contribution in [0.5, 0.6) is 0 Å². The molecule has 1 aliphatic rings. The normalized spacial score (nSPS) is 25.5. The maximum Gasteiger partial charge on any atom is 0.272 e. The molecule has 2 rings (SSSR count). The van der Waals surface area contributed by atoms with E-state index >= 15 is 0 Å². The van der Waals surface area contributed by atoms with E-state index in [1.807, 2.05) is 30.9 Å². The molecule has 0 aromatic carbocycles. The molecule has 0 spiro atoms. The summed E-state index contributed by atoms with van der Waals surface area (Å²) in [6, 6.07) is 5.48. The minimum atomic E-state index is -0.0109. The molecule has 0 saturated carbocycles. The summed E-state index contributed by atoms with van der Waals surface area (Å²) in [7, 11) is 0. The smallest absolute Gasteiger partial charge is 0.272 e. The molecular weight excluding hydrogens is 204 g/mol. The van der Waals surface area contributed by atoms with Gasteiger partial charge in [0, 0.05) is 12.7 Å². The van der Waals surface area contributed by atoms with Crippen molar-refractivity contribution in [1.82, 2.24) is 9.88 Å². The Morgan fingerprint density at radius 3 is 3.00 bits per heavy atom. The number of rotatable bonds is 1. The van der Waals surface area contributed by atoms with Crippen LogP contribution in [0, 0.1) is 0 Å². The van der Waals surface area contributed by atoms with Crippen molar-refractivity contribution in [1.29, 1.82) is 0 Å². The van der Waals surface area contributed by atoms with Gasteiger partial charge in [-0.05, 0) is 26.0 Å². The van der Waals surface area contributed by atoms with Crippen molar-refractivity contribution in [2.24, 2.45) is 0 Å². The van der Waals surface area contributed by atoms with Crippen molar-refractivity contribution in [3.05, 3.63) is 30.1 Å². The molecule has 4 heteroatoms. The molecule has 1 amide bonds. The van der Waals surface area contributed by atoms with Crippen LogP contribution in [-0.4, -0.2) is 41.1 Å². The zero-order valence-electron chi connectivity index (χ0n) is 9.59. The van der Waals surface area contributed by atoms with Crippen molar-refractivity contribution in [2.45, 2.75) is 26.0 Å². The van der Waals surface area contributed by atoms with E-state index in [-0.39, 0.29) is 18.1 Å². The molecule has 4 nitrogen and oxygen atoms in total. The molecule has 1 fully saturated rings. The Morgan fingerprint density at radius 2 is 2.31 bits per heavy atom. The fraction of sp³-hybridized carbons (Fsp3) is 0.500. The number of morpholine rings is 1. The molecule has 86 valence electrons. The lowest BCUT2D eigenvalue weighted by Crippen LogP contribution is -2.51. The van der Waals surface area contributed by atoms with Gasteiger partial charge < -0.3 is 9.64 Å². The third-order valence-corrected chi connectivity index (χ3v) is 3.03. The van der Waals surface area contributed by atoms with Crippen LogP contribution in [0.3, 0.4) is 0 Å². The summed E-state index contributed by atoms with van der Waals surface area (Å²) >= 11 is 0. The van der Waals surface area contributed by atoms with Crippen LogP contribution in [0.15, 0.2) is 24.4 Å². The largest absolute Gasteiger partial charge is 0.375 e. The molecule has 2 atom stereocenters. The summed E-state index contributed by atoms with van der Waals surface area (Å²) in [5.74, 6) is -0.0109. The minimum absolute atomic E-state index is 0.0109. The highest BCUT2D eigenvalue weighted by Gasteiger charge is 2.29. The molecule has 2 heterocycles. The first kappa shape index (κ1) is 11.1. The molecule has 16 heavy (non-hydrogen) atoms. The van der Waals surface area contributed by atoms with E-state index in [2.05, 4.69) is 4.98 Å². The van der Waals surface area contributed by atoms with Crippen molar-refractivity contribution in [3.63, 3.8) is 0 Å². The minimum Gasteiger partial charge on any atom is -0.375 e. The SMILES string of the molecule is CC1OCCN(C(=O)c2ccccn2)C1C. The lowest BCUT2D eigenvalue weighted by molar-refractivity contribution is -0.0442. The Kier molecular flexibility index (Phi) is 3.19. The van der Waals surface area contributed by atoms with Gasteiger partial charge in [-0.15, -0.1) is 0 Å². The van der Waals surface area contributed by atoms with Crippen LogP contribution < -0.4 is 0 Å². The van der Waals surface area contributed by atoms with Gasteiger partial charge in [0.25, 0.3) is 5.91 Å². The van der Waals surface area contributed by atoms with Gasteiger partial charge in [0.2, 0.25) is 0 Å². The number of nitrogens with zero attached hydrogens (tertiary/aromatic N) is 2. The maximum absolute atomic E-state index is 12.2. The molecule has 1 saturated heterocycles. The second kappa shape index (κ2) is 4.61. The number of carbonyl (C=O) groups is 1. The molecule has 0 radical (unpaired) electrons. The predicted octanol–water partition coefficient (Wildman–Crippen LogP) is 1.33. The van der Waals surface area contributed by atoms with E-state index < -0.39 is 0 Å². The zero-order chi connectivity index (χ0) is 11.5. The number of aromatic nitrogens is 1. The van der Waals surface area contributed by atoms with Crippen molar-refractivity contribution in [3.8, 4) is 0 Å². The van der Waals surface area contributed by atoms with Crippen LogP contribution in [0.1, 0.15) is 24.3 Å². The van der Waals surface area contributed by atoms with Crippen LogP contribution in [0.25, 0.3) is 0 Å². The lowest BCUT2D eigenvalue weighted by atomic mass is 10.1. The first-order valence-electron chi connectivity index (χ1n) is 5.54. The molecule has 1 aromatic heterocycles. The van der Waals surface area contributed by atoms with Crippen molar-refractivity contribution >= 4 is 5.91 Å². The van der Waals surface area contributed by atoms with E-state index in [0.717, 1.165) is 0 Å². The van der Waals surface area contributed by atoms with Crippen LogP contribution in [0.4, 0.5) is 0 Å². The Morgan fingerprint density at radius 1 is 1.50 bits per heavy atom. The third-order valence-electron chi connectivity index (χ3n) is 3.03. The van der Waals surface area contributed by atoms with E-state index in [0.29, 0.717) is 18.8 Å². The van der Waals surface area contributed by atoms with Gasteiger partial charge in [0.15, 0.2) is 0 Å². The van der Waals surface area contributed by atoms with Gasteiger partial charge in [0.05, 0.1) is 18.8 Å². The van der Waals surface area contributed by atoms with Crippen LogP contribution in [-0.2, 0) is 4.74 Å². The Labute approximate surface area is 95.2 Å². The summed E-state index contributed by atoms with van der Waals surface area (Å²) in [5, 5.41) is 0. The van der Waals surface area contributed by atoms with Crippen LogP contribution >= 0.6 is 0 Å². The van der Waals surface area contributed by atoms with Crippen molar-refractivity contribution < 1.29 is 9.53 Å². The van der Waals surface area contributed by atoms with Gasteiger partial charge in [-0.2, -0.15) is 0 Å².